The highest BCUT2D eigenvalue weighted by molar-refractivity contribution is 7.99. The fraction of sp³-hybridized carbons (Fsp3) is 0.211. The van der Waals surface area contributed by atoms with Gasteiger partial charge in [-0.25, -0.2) is 0 Å². The van der Waals surface area contributed by atoms with Crippen LogP contribution < -0.4 is 10.6 Å². The minimum Gasteiger partial charge on any atom is -0.350 e. The molecule has 0 heterocycles. The average Bonchev–Trinajstić information content (AvgIpc) is 2.68. The Bertz CT molecular complexity index is 776. The topological polar surface area (TPSA) is 82.0 Å². The Morgan fingerprint density at radius 3 is 2.42 bits per heavy atom. The molecule has 0 fully saturated rings. The van der Waals surface area contributed by atoms with Gasteiger partial charge in [-0.3, -0.25) is 9.59 Å². The minimum atomic E-state index is -0.508. The van der Waals surface area contributed by atoms with Crippen LogP contribution in [0.3, 0.4) is 0 Å². The van der Waals surface area contributed by atoms with E-state index in [1.54, 1.807) is 36.4 Å². The lowest BCUT2D eigenvalue weighted by Gasteiger charge is -2.16. The van der Waals surface area contributed by atoms with Crippen molar-refractivity contribution in [1.82, 2.24) is 10.6 Å². The maximum atomic E-state index is 12.3. The van der Waals surface area contributed by atoms with Crippen molar-refractivity contribution in [2.24, 2.45) is 0 Å². The Hall–Kier alpha value is -2.49. The number of benzene rings is 2. The summed E-state index contributed by atoms with van der Waals surface area (Å²) in [5, 5.41) is 14.1. The SMILES string of the molecule is N#CCNC(=O)C(CNC(=O)c1ccccc1)SCc1ccc(Cl)cc1. The molecule has 2 N–H and O–H groups in total. The number of nitrogens with one attached hydrogen (secondary N) is 2. The van der Waals surface area contributed by atoms with E-state index >= 15 is 0 Å². The number of nitrogens with zero attached hydrogens (tertiary/aromatic N) is 1. The number of carbonyl (C=O) groups is 2. The Balaban J connectivity index is 1.96. The third-order valence-corrected chi connectivity index (χ3v) is 5.02. The molecule has 0 spiro atoms. The highest BCUT2D eigenvalue weighted by Crippen LogP contribution is 2.19. The monoisotopic (exact) mass is 387 g/mol. The van der Waals surface area contributed by atoms with E-state index in [4.69, 9.17) is 16.9 Å². The zero-order chi connectivity index (χ0) is 18.8. The van der Waals surface area contributed by atoms with Crippen molar-refractivity contribution < 1.29 is 9.59 Å². The van der Waals surface area contributed by atoms with Crippen molar-refractivity contribution in [2.75, 3.05) is 13.1 Å². The molecule has 2 aromatic rings. The summed E-state index contributed by atoms with van der Waals surface area (Å²) in [7, 11) is 0. The lowest BCUT2D eigenvalue weighted by molar-refractivity contribution is -0.120. The summed E-state index contributed by atoms with van der Waals surface area (Å²) in [4.78, 5) is 24.4. The van der Waals surface area contributed by atoms with E-state index < -0.39 is 5.25 Å². The fourth-order valence-corrected chi connectivity index (χ4v) is 3.27. The van der Waals surface area contributed by atoms with E-state index in [9.17, 15) is 9.59 Å². The van der Waals surface area contributed by atoms with Crippen molar-refractivity contribution in [3.8, 4) is 6.07 Å². The summed E-state index contributed by atoms with van der Waals surface area (Å²) in [5.74, 6) is 0.0675. The first-order chi connectivity index (χ1) is 12.6. The fourth-order valence-electron chi connectivity index (χ4n) is 2.12. The zero-order valence-electron chi connectivity index (χ0n) is 13.9. The Labute approximate surface area is 161 Å². The van der Waals surface area contributed by atoms with E-state index in [1.807, 2.05) is 24.3 Å². The first-order valence-corrected chi connectivity index (χ1v) is 9.37. The minimum absolute atomic E-state index is 0.0660. The van der Waals surface area contributed by atoms with Gasteiger partial charge in [-0.05, 0) is 29.8 Å². The van der Waals surface area contributed by atoms with Crippen LogP contribution in [-0.2, 0) is 10.5 Å². The smallest absolute Gasteiger partial charge is 0.251 e. The molecule has 0 aliphatic heterocycles. The molecule has 0 saturated heterocycles. The van der Waals surface area contributed by atoms with Crippen molar-refractivity contribution >= 4 is 35.2 Å². The summed E-state index contributed by atoms with van der Waals surface area (Å²) >= 11 is 7.27. The van der Waals surface area contributed by atoms with Crippen molar-refractivity contribution in [3.63, 3.8) is 0 Å². The summed E-state index contributed by atoms with van der Waals surface area (Å²) in [6, 6.07) is 18.1. The number of nitriles is 1. The lowest BCUT2D eigenvalue weighted by Crippen LogP contribution is -2.41. The Morgan fingerprint density at radius 2 is 1.77 bits per heavy atom. The van der Waals surface area contributed by atoms with Gasteiger partial charge in [0.25, 0.3) is 5.91 Å². The number of carbonyl (C=O) groups excluding carboxylic acids is 2. The lowest BCUT2D eigenvalue weighted by atomic mass is 10.2. The molecule has 134 valence electrons. The van der Waals surface area contributed by atoms with Crippen LogP contribution in [0.5, 0.6) is 0 Å². The summed E-state index contributed by atoms with van der Waals surface area (Å²) in [6.45, 7) is 0.104. The van der Waals surface area contributed by atoms with E-state index in [1.165, 1.54) is 11.8 Å². The van der Waals surface area contributed by atoms with E-state index in [2.05, 4.69) is 10.6 Å². The van der Waals surface area contributed by atoms with Crippen LogP contribution in [0.25, 0.3) is 0 Å². The Kier molecular flexibility index (Phi) is 8.00. The molecular formula is C19H18ClN3O2S. The molecule has 0 aliphatic rings. The molecule has 0 saturated carbocycles. The maximum absolute atomic E-state index is 12.3. The van der Waals surface area contributed by atoms with Crippen molar-refractivity contribution in [2.45, 2.75) is 11.0 Å². The number of thioether (sulfide) groups is 1. The molecule has 2 rings (SSSR count). The first-order valence-electron chi connectivity index (χ1n) is 7.94. The third-order valence-electron chi connectivity index (χ3n) is 3.48. The van der Waals surface area contributed by atoms with Gasteiger partial charge >= 0.3 is 0 Å². The normalized spacial score (nSPS) is 11.2. The van der Waals surface area contributed by atoms with Crippen LogP contribution in [0, 0.1) is 11.3 Å². The van der Waals surface area contributed by atoms with Crippen LogP contribution in [-0.4, -0.2) is 30.2 Å². The zero-order valence-corrected chi connectivity index (χ0v) is 15.5. The number of halogens is 1. The number of amides is 2. The molecule has 1 atom stereocenters. The van der Waals surface area contributed by atoms with Gasteiger partial charge in [0.15, 0.2) is 0 Å². The highest BCUT2D eigenvalue weighted by atomic mass is 35.5. The molecule has 2 aromatic carbocycles. The largest absolute Gasteiger partial charge is 0.350 e. The standard InChI is InChI=1S/C19H18ClN3O2S/c20-16-8-6-14(7-9-16)13-26-17(19(25)22-11-10-21)12-23-18(24)15-4-2-1-3-5-15/h1-9,17H,11-13H2,(H,22,25)(H,23,24). The van der Waals surface area contributed by atoms with Crippen LogP contribution in [0.4, 0.5) is 0 Å². The molecule has 2 amide bonds. The number of hydrogen-bond donors (Lipinski definition) is 2. The second-order valence-corrected chi connectivity index (χ2v) is 7.01. The van der Waals surface area contributed by atoms with Gasteiger partial charge in [0.05, 0.1) is 6.07 Å². The molecule has 26 heavy (non-hydrogen) atoms. The van der Waals surface area contributed by atoms with Crippen LogP contribution in [0.15, 0.2) is 54.6 Å². The van der Waals surface area contributed by atoms with Gasteiger partial charge in [0.1, 0.15) is 11.8 Å². The summed E-state index contributed by atoms with van der Waals surface area (Å²) in [5.41, 5.74) is 1.55. The first kappa shape index (κ1) is 19.8. The quantitative estimate of drug-likeness (QED) is 0.682. The number of hydrogen-bond acceptors (Lipinski definition) is 4. The van der Waals surface area contributed by atoms with Gasteiger partial charge in [-0.1, -0.05) is 41.9 Å². The molecule has 0 aliphatic carbocycles. The molecule has 7 heteroatoms. The average molecular weight is 388 g/mol. The van der Waals surface area contributed by atoms with Gasteiger partial charge in [-0.2, -0.15) is 5.26 Å². The molecule has 0 bridgehead atoms. The van der Waals surface area contributed by atoms with Crippen LogP contribution >= 0.6 is 23.4 Å². The summed E-state index contributed by atoms with van der Waals surface area (Å²) in [6.07, 6.45) is 0. The van der Waals surface area contributed by atoms with E-state index in [0.717, 1.165) is 5.56 Å². The van der Waals surface area contributed by atoms with Gasteiger partial charge in [0, 0.05) is 22.9 Å². The van der Waals surface area contributed by atoms with Gasteiger partial charge in [0.2, 0.25) is 5.91 Å². The van der Waals surface area contributed by atoms with Crippen molar-refractivity contribution in [1.29, 1.82) is 5.26 Å². The van der Waals surface area contributed by atoms with E-state index in [0.29, 0.717) is 16.3 Å². The van der Waals surface area contributed by atoms with Crippen LogP contribution in [0.2, 0.25) is 5.02 Å². The molecule has 0 aromatic heterocycles. The second kappa shape index (κ2) is 10.5. The van der Waals surface area contributed by atoms with Crippen molar-refractivity contribution in [3.05, 3.63) is 70.7 Å². The predicted octanol–water partition coefficient (Wildman–Crippen LogP) is 3.01. The predicted molar refractivity (Wildman–Crippen MR) is 104 cm³/mol. The Morgan fingerprint density at radius 1 is 1.08 bits per heavy atom. The third kappa shape index (κ3) is 6.43. The van der Waals surface area contributed by atoms with E-state index in [-0.39, 0.29) is 24.9 Å². The molecule has 0 radical (unpaired) electrons. The van der Waals surface area contributed by atoms with Crippen LogP contribution in [0.1, 0.15) is 15.9 Å². The second-order valence-electron chi connectivity index (χ2n) is 5.38. The summed E-state index contributed by atoms with van der Waals surface area (Å²) < 4.78 is 0. The highest BCUT2D eigenvalue weighted by Gasteiger charge is 2.20. The molecule has 1 unspecified atom stereocenters. The number of rotatable bonds is 8. The molecule has 5 nitrogen and oxygen atoms in total. The van der Waals surface area contributed by atoms with Gasteiger partial charge in [-0.15, -0.1) is 11.8 Å². The van der Waals surface area contributed by atoms with Gasteiger partial charge < -0.3 is 10.6 Å². The molecular weight excluding hydrogens is 370 g/mol. The maximum Gasteiger partial charge on any atom is 0.251 e.